The number of anilines is 2. The van der Waals surface area contributed by atoms with Crippen molar-refractivity contribution in [1.29, 1.82) is 0 Å². The van der Waals surface area contributed by atoms with Crippen molar-refractivity contribution in [2.75, 3.05) is 23.0 Å². The summed E-state index contributed by atoms with van der Waals surface area (Å²) >= 11 is 0. The minimum absolute atomic E-state index is 0.0167. The van der Waals surface area contributed by atoms with Gasteiger partial charge in [0, 0.05) is 19.5 Å². The largest absolute Gasteiger partial charge is 0.476 e. The van der Waals surface area contributed by atoms with Gasteiger partial charge in [0.1, 0.15) is 0 Å². The molecule has 0 unspecified atom stereocenters. The fourth-order valence-corrected chi connectivity index (χ4v) is 2.83. The standard InChI is InChI=1S/C18H18N2O3/c21-17(18(22)23)10-11-19-13-20(12-14-6-2-1-3-7-14)16-9-5-4-8-15(16)19/h1-9H,10-13H2,(H,22,23). The lowest BCUT2D eigenvalue weighted by Crippen LogP contribution is -2.32. The predicted molar refractivity (Wildman–Crippen MR) is 88.5 cm³/mol. The van der Waals surface area contributed by atoms with Crippen LogP contribution in [0.4, 0.5) is 11.4 Å². The van der Waals surface area contributed by atoms with Crippen molar-refractivity contribution < 1.29 is 14.7 Å². The highest BCUT2D eigenvalue weighted by Crippen LogP contribution is 2.36. The molecular formula is C18H18N2O3. The van der Waals surface area contributed by atoms with Crippen molar-refractivity contribution in [2.24, 2.45) is 0 Å². The number of nitrogens with zero attached hydrogens (tertiary/aromatic N) is 2. The third-order valence-corrected chi connectivity index (χ3v) is 3.97. The van der Waals surface area contributed by atoms with E-state index in [1.165, 1.54) is 5.56 Å². The topological polar surface area (TPSA) is 60.9 Å². The normalized spacial score (nSPS) is 13.0. The number of para-hydroxylation sites is 2. The van der Waals surface area contributed by atoms with Crippen LogP contribution in [0.15, 0.2) is 54.6 Å². The lowest BCUT2D eigenvalue weighted by Gasteiger charge is -2.21. The molecule has 0 saturated carbocycles. The molecule has 3 rings (SSSR count). The molecule has 0 atom stereocenters. The average Bonchev–Trinajstić information content (AvgIpc) is 2.91. The lowest BCUT2D eigenvalue weighted by atomic mass is 10.2. The van der Waals surface area contributed by atoms with E-state index in [9.17, 15) is 9.59 Å². The lowest BCUT2D eigenvalue weighted by molar-refractivity contribution is -0.149. The number of fused-ring (bicyclic) bond motifs is 1. The molecule has 0 amide bonds. The van der Waals surface area contributed by atoms with Gasteiger partial charge in [0.2, 0.25) is 5.78 Å². The summed E-state index contributed by atoms with van der Waals surface area (Å²) in [6, 6.07) is 18.2. The number of aliphatic carboxylic acids is 1. The molecule has 5 nitrogen and oxygen atoms in total. The number of benzene rings is 2. The molecule has 2 aromatic rings. The number of carbonyl (C=O) groups is 2. The summed E-state index contributed by atoms with van der Waals surface area (Å²) in [6.45, 7) is 1.84. The molecule has 0 saturated heterocycles. The van der Waals surface area contributed by atoms with Crippen molar-refractivity contribution in [3.63, 3.8) is 0 Å². The number of Topliss-reactive ketones (excluding diaryl/α,β-unsaturated/α-hetero) is 1. The number of hydrogen-bond donors (Lipinski definition) is 1. The van der Waals surface area contributed by atoms with E-state index in [2.05, 4.69) is 28.0 Å². The third-order valence-electron chi connectivity index (χ3n) is 3.97. The second kappa shape index (κ2) is 6.52. The van der Waals surface area contributed by atoms with Crippen LogP contribution in [-0.4, -0.2) is 30.1 Å². The molecule has 0 radical (unpaired) electrons. The maximum atomic E-state index is 11.3. The van der Waals surface area contributed by atoms with E-state index in [0.29, 0.717) is 13.2 Å². The highest BCUT2D eigenvalue weighted by atomic mass is 16.4. The van der Waals surface area contributed by atoms with Gasteiger partial charge in [-0.3, -0.25) is 4.79 Å². The Kier molecular flexibility index (Phi) is 4.28. The van der Waals surface area contributed by atoms with Gasteiger partial charge in [-0.1, -0.05) is 42.5 Å². The van der Waals surface area contributed by atoms with Gasteiger partial charge >= 0.3 is 5.97 Å². The van der Waals surface area contributed by atoms with E-state index in [1.54, 1.807) is 0 Å². The molecule has 0 fully saturated rings. The molecule has 2 aromatic carbocycles. The smallest absolute Gasteiger partial charge is 0.372 e. The van der Waals surface area contributed by atoms with E-state index in [1.807, 2.05) is 36.4 Å². The van der Waals surface area contributed by atoms with E-state index in [4.69, 9.17) is 5.11 Å². The van der Waals surface area contributed by atoms with Gasteiger partial charge < -0.3 is 14.9 Å². The summed E-state index contributed by atoms with van der Waals surface area (Å²) in [4.78, 5) is 26.3. The SMILES string of the molecule is O=C(O)C(=O)CCN1CN(Cc2ccccc2)c2ccccc21. The van der Waals surface area contributed by atoms with Crippen molar-refractivity contribution >= 4 is 23.1 Å². The van der Waals surface area contributed by atoms with E-state index >= 15 is 0 Å². The second-order valence-corrected chi connectivity index (χ2v) is 5.56. The quantitative estimate of drug-likeness (QED) is 0.831. The molecule has 5 heteroatoms. The van der Waals surface area contributed by atoms with Crippen LogP contribution in [0.5, 0.6) is 0 Å². The first-order valence-electron chi connectivity index (χ1n) is 7.54. The van der Waals surface area contributed by atoms with Gasteiger partial charge in [0.15, 0.2) is 0 Å². The predicted octanol–water partition coefficient (Wildman–Crippen LogP) is 2.51. The van der Waals surface area contributed by atoms with Gasteiger partial charge in [0.25, 0.3) is 0 Å². The number of ketones is 1. The minimum atomic E-state index is -1.36. The van der Waals surface area contributed by atoms with Crippen molar-refractivity contribution in [2.45, 2.75) is 13.0 Å². The Labute approximate surface area is 134 Å². The maximum Gasteiger partial charge on any atom is 0.372 e. The highest BCUT2D eigenvalue weighted by Gasteiger charge is 2.26. The van der Waals surface area contributed by atoms with Crippen LogP contribution in [0.1, 0.15) is 12.0 Å². The van der Waals surface area contributed by atoms with Gasteiger partial charge in [0.05, 0.1) is 18.0 Å². The van der Waals surface area contributed by atoms with Crippen molar-refractivity contribution in [1.82, 2.24) is 0 Å². The Morgan fingerprint density at radius 2 is 1.52 bits per heavy atom. The maximum absolute atomic E-state index is 11.3. The van der Waals surface area contributed by atoms with Crippen LogP contribution in [0.3, 0.4) is 0 Å². The van der Waals surface area contributed by atoms with Gasteiger partial charge in [-0.05, 0) is 17.7 Å². The summed E-state index contributed by atoms with van der Waals surface area (Å²) in [5.74, 6) is -2.11. The Morgan fingerprint density at radius 1 is 0.913 bits per heavy atom. The number of carboxylic acid groups (broad SMARTS) is 1. The number of carbonyl (C=O) groups excluding carboxylic acids is 1. The van der Waals surface area contributed by atoms with Crippen LogP contribution < -0.4 is 9.80 Å². The van der Waals surface area contributed by atoms with Crippen LogP contribution in [0, 0.1) is 0 Å². The summed E-state index contributed by atoms with van der Waals surface area (Å²) in [7, 11) is 0. The molecular weight excluding hydrogens is 292 g/mol. The first-order valence-corrected chi connectivity index (χ1v) is 7.54. The van der Waals surface area contributed by atoms with E-state index in [0.717, 1.165) is 17.9 Å². The van der Waals surface area contributed by atoms with E-state index < -0.39 is 11.8 Å². The van der Waals surface area contributed by atoms with Crippen LogP contribution >= 0.6 is 0 Å². The molecule has 118 valence electrons. The zero-order chi connectivity index (χ0) is 16.2. The molecule has 0 bridgehead atoms. The Bertz CT molecular complexity index is 715. The molecule has 23 heavy (non-hydrogen) atoms. The summed E-state index contributed by atoms with van der Waals surface area (Å²) in [5, 5.41) is 8.72. The molecule has 0 aromatic heterocycles. The molecule has 1 aliphatic rings. The zero-order valence-electron chi connectivity index (χ0n) is 12.7. The summed E-state index contributed by atoms with van der Waals surface area (Å²) in [6.07, 6.45) is 0.0167. The van der Waals surface area contributed by atoms with Crippen molar-refractivity contribution in [3.8, 4) is 0 Å². The molecule has 1 aliphatic heterocycles. The van der Waals surface area contributed by atoms with Crippen LogP contribution in [0.2, 0.25) is 0 Å². The Morgan fingerprint density at radius 3 is 2.17 bits per heavy atom. The molecule has 1 N–H and O–H groups in total. The number of rotatable bonds is 6. The van der Waals surface area contributed by atoms with Gasteiger partial charge in [-0.15, -0.1) is 0 Å². The molecule has 0 aliphatic carbocycles. The molecule has 1 heterocycles. The Hall–Kier alpha value is -2.82. The number of carboxylic acids is 1. The van der Waals surface area contributed by atoms with Gasteiger partial charge in [-0.25, -0.2) is 4.79 Å². The fourth-order valence-electron chi connectivity index (χ4n) is 2.83. The van der Waals surface area contributed by atoms with Gasteiger partial charge in [-0.2, -0.15) is 0 Å². The summed E-state index contributed by atoms with van der Waals surface area (Å²) in [5.41, 5.74) is 3.37. The van der Waals surface area contributed by atoms with Crippen molar-refractivity contribution in [3.05, 3.63) is 60.2 Å². The monoisotopic (exact) mass is 310 g/mol. The zero-order valence-corrected chi connectivity index (χ0v) is 12.7. The Balaban J connectivity index is 1.74. The first-order chi connectivity index (χ1) is 11.1. The van der Waals surface area contributed by atoms with E-state index in [-0.39, 0.29) is 6.42 Å². The summed E-state index contributed by atoms with van der Waals surface area (Å²) < 4.78 is 0. The number of hydrogen-bond acceptors (Lipinski definition) is 4. The average molecular weight is 310 g/mol. The highest BCUT2D eigenvalue weighted by molar-refractivity contribution is 6.32. The first kappa shape index (κ1) is 15.1. The van der Waals surface area contributed by atoms with Crippen LogP contribution in [-0.2, 0) is 16.1 Å². The van der Waals surface area contributed by atoms with Crippen LogP contribution in [0.25, 0.3) is 0 Å². The third kappa shape index (κ3) is 3.34. The molecule has 0 spiro atoms. The fraction of sp³-hybridized carbons (Fsp3) is 0.222. The second-order valence-electron chi connectivity index (χ2n) is 5.56. The minimum Gasteiger partial charge on any atom is -0.476 e.